The third kappa shape index (κ3) is 2.82. The van der Waals surface area contributed by atoms with E-state index in [1.165, 1.54) is 0 Å². The molecular weight excluding hydrogens is 206 g/mol. The van der Waals surface area contributed by atoms with Gasteiger partial charge in [0.1, 0.15) is 0 Å². The van der Waals surface area contributed by atoms with Crippen LogP contribution in [-0.2, 0) is 18.4 Å². The maximum Gasteiger partial charge on any atom is 0.0910 e. The summed E-state index contributed by atoms with van der Waals surface area (Å²) < 4.78 is 7.54. The first-order valence-corrected chi connectivity index (χ1v) is 5.58. The molecule has 1 saturated carbocycles. The number of rotatable bonds is 3. The molecule has 0 atom stereocenters. The SMILES string of the molecule is Cn1ccc(COC2CCC(=NO)CC2)n1. The molecule has 1 aromatic heterocycles. The summed E-state index contributed by atoms with van der Waals surface area (Å²) in [5.41, 5.74) is 1.85. The molecule has 1 aromatic rings. The fraction of sp³-hybridized carbons (Fsp3) is 0.636. The van der Waals surface area contributed by atoms with Gasteiger partial charge in [0.2, 0.25) is 0 Å². The molecule has 1 fully saturated rings. The van der Waals surface area contributed by atoms with Crippen molar-refractivity contribution >= 4 is 5.71 Å². The van der Waals surface area contributed by atoms with Gasteiger partial charge in [-0.3, -0.25) is 4.68 Å². The Bertz CT molecular complexity index is 363. The number of hydrogen-bond donors (Lipinski definition) is 1. The zero-order valence-electron chi connectivity index (χ0n) is 9.46. The van der Waals surface area contributed by atoms with Gasteiger partial charge in [-0.2, -0.15) is 5.10 Å². The second-order valence-corrected chi connectivity index (χ2v) is 4.16. The molecule has 1 N–H and O–H groups in total. The summed E-state index contributed by atoms with van der Waals surface area (Å²) in [6, 6.07) is 1.96. The normalized spacial score (nSPS) is 21.1. The highest BCUT2D eigenvalue weighted by Gasteiger charge is 2.18. The maximum atomic E-state index is 8.62. The largest absolute Gasteiger partial charge is 0.411 e. The third-order valence-corrected chi connectivity index (χ3v) is 2.89. The van der Waals surface area contributed by atoms with Gasteiger partial charge in [-0.1, -0.05) is 5.16 Å². The molecule has 0 amide bonds. The maximum absolute atomic E-state index is 8.62. The van der Waals surface area contributed by atoms with Crippen LogP contribution in [0.1, 0.15) is 31.4 Å². The van der Waals surface area contributed by atoms with Gasteiger partial charge in [0, 0.05) is 13.2 Å². The summed E-state index contributed by atoms with van der Waals surface area (Å²) in [5.74, 6) is 0. The molecule has 1 aliphatic carbocycles. The second kappa shape index (κ2) is 5.12. The highest BCUT2D eigenvalue weighted by molar-refractivity contribution is 5.84. The molecule has 0 spiro atoms. The van der Waals surface area contributed by atoms with E-state index in [0.29, 0.717) is 6.61 Å². The molecule has 0 bridgehead atoms. The van der Waals surface area contributed by atoms with Crippen LogP contribution in [0.25, 0.3) is 0 Å². The van der Waals surface area contributed by atoms with Gasteiger partial charge in [-0.15, -0.1) is 0 Å². The molecule has 5 nitrogen and oxygen atoms in total. The van der Waals surface area contributed by atoms with Crippen molar-refractivity contribution in [1.82, 2.24) is 9.78 Å². The van der Waals surface area contributed by atoms with Crippen LogP contribution in [0.5, 0.6) is 0 Å². The third-order valence-electron chi connectivity index (χ3n) is 2.89. The Morgan fingerprint density at radius 1 is 1.56 bits per heavy atom. The lowest BCUT2D eigenvalue weighted by molar-refractivity contribution is 0.0258. The van der Waals surface area contributed by atoms with E-state index in [2.05, 4.69) is 10.3 Å². The highest BCUT2D eigenvalue weighted by atomic mass is 16.5. The fourth-order valence-corrected chi connectivity index (χ4v) is 1.93. The smallest absolute Gasteiger partial charge is 0.0910 e. The first-order chi connectivity index (χ1) is 7.78. The first-order valence-electron chi connectivity index (χ1n) is 5.58. The molecule has 1 aliphatic rings. The number of nitrogens with zero attached hydrogens (tertiary/aromatic N) is 3. The van der Waals surface area contributed by atoms with Crippen LogP contribution < -0.4 is 0 Å². The van der Waals surface area contributed by atoms with Crippen molar-refractivity contribution in [2.45, 2.75) is 38.4 Å². The Balaban J connectivity index is 1.75. The molecular formula is C11H17N3O2. The van der Waals surface area contributed by atoms with Gasteiger partial charge in [0.25, 0.3) is 0 Å². The lowest BCUT2D eigenvalue weighted by atomic mass is 9.96. The Morgan fingerprint density at radius 2 is 2.31 bits per heavy atom. The van der Waals surface area contributed by atoms with Gasteiger partial charge in [-0.25, -0.2) is 0 Å². The van der Waals surface area contributed by atoms with Gasteiger partial charge >= 0.3 is 0 Å². The number of ether oxygens (including phenoxy) is 1. The predicted octanol–water partition coefficient (Wildman–Crippen LogP) is 1.71. The summed E-state index contributed by atoms with van der Waals surface area (Å²) in [6.45, 7) is 0.567. The summed E-state index contributed by atoms with van der Waals surface area (Å²) in [5, 5.41) is 16.1. The molecule has 0 unspecified atom stereocenters. The van der Waals surface area contributed by atoms with Crippen molar-refractivity contribution in [2.24, 2.45) is 12.2 Å². The van der Waals surface area contributed by atoms with Crippen molar-refractivity contribution in [3.05, 3.63) is 18.0 Å². The minimum atomic E-state index is 0.271. The van der Waals surface area contributed by atoms with E-state index in [4.69, 9.17) is 9.94 Å². The standard InChI is InChI=1S/C11H17N3O2/c1-14-7-6-10(12-14)8-16-11-4-2-9(13-15)3-5-11/h6-7,11,15H,2-5,8H2,1H3. The van der Waals surface area contributed by atoms with Crippen LogP contribution in [0.3, 0.4) is 0 Å². The van der Waals surface area contributed by atoms with Crippen molar-refractivity contribution in [2.75, 3.05) is 0 Å². The monoisotopic (exact) mass is 223 g/mol. The Morgan fingerprint density at radius 3 is 2.88 bits per heavy atom. The highest BCUT2D eigenvalue weighted by Crippen LogP contribution is 2.19. The topological polar surface area (TPSA) is 59.6 Å². The molecule has 88 valence electrons. The number of aryl methyl sites for hydroxylation is 1. The number of oxime groups is 1. The van der Waals surface area contributed by atoms with Crippen LogP contribution in [0, 0.1) is 0 Å². The molecule has 0 radical (unpaired) electrons. The Labute approximate surface area is 94.7 Å². The molecule has 0 aliphatic heterocycles. The quantitative estimate of drug-likeness (QED) is 0.627. The molecule has 0 aromatic carbocycles. The molecule has 0 saturated heterocycles. The summed E-state index contributed by atoms with van der Waals surface area (Å²) >= 11 is 0. The molecule has 1 heterocycles. The van der Waals surface area contributed by atoms with Crippen LogP contribution in [0.15, 0.2) is 17.4 Å². The average Bonchev–Trinajstić information content (AvgIpc) is 2.73. The Kier molecular flexibility index (Phi) is 3.56. The zero-order valence-corrected chi connectivity index (χ0v) is 9.46. The minimum absolute atomic E-state index is 0.271. The first kappa shape index (κ1) is 11.1. The lowest BCUT2D eigenvalue weighted by Gasteiger charge is -2.22. The van der Waals surface area contributed by atoms with Crippen molar-refractivity contribution < 1.29 is 9.94 Å². The summed E-state index contributed by atoms with van der Waals surface area (Å²) in [4.78, 5) is 0. The van der Waals surface area contributed by atoms with Crippen LogP contribution in [0.4, 0.5) is 0 Å². The Hall–Kier alpha value is -1.36. The van der Waals surface area contributed by atoms with Gasteiger partial charge in [-0.05, 0) is 31.7 Å². The fourth-order valence-electron chi connectivity index (χ4n) is 1.93. The summed E-state index contributed by atoms with van der Waals surface area (Å²) in [6.07, 6.45) is 5.73. The van der Waals surface area contributed by atoms with E-state index in [-0.39, 0.29) is 6.10 Å². The van der Waals surface area contributed by atoms with Crippen LogP contribution >= 0.6 is 0 Å². The number of hydrogen-bond acceptors (Lipinski definition) is 4. The van der Waals surface area contributed by atoms with Crippen LogP contribution in [-0.4, -0.2) is 26.8 Å². The van der Waals surface area contributed by atoms with Crippen molar-refractivity contribution in [1.29, 1.82) is 0 Å². The number of aromatic nitrogens is 2. The van der Waals surface area contributed by atoms with Crippen molar-refractivity contribution in [3.63, 3.8) is 0 Å². The van der Waals surface area contributed by atoms with E-state index in [1.54, 1.807) is 4.68 Å². The van der Waals surface area contributed by atoms with Gasteiger partial charge < -0.3 is 9.94 Å². The van der Waals surface area contributed by atoms with E-state index in [0.717, 1.165) is 37.1 Å². The van der Waals surface area contributed by atoms with E-state index < -0.39 is 0 Å². The average molecular weight is 223 g/mol. The van der Waals surface area contributed by atoms with Crippen molar-refractivity contribution in [3.8, 4) is 0 Å². The zero-order chi connectivity index (χ0) is 11.4. The van der Waals surface area contributed by atoms with Crippen LogP contribution in [0.2, 0.25) is 0 Å². The molecule has 5 heteroatoms. The summed E-state index contributed by atoms with van der Waals surface area (Å²) in [7, 11) is 1.90. The van der Waals surface area contributed by atoms with Gasteiger partial charge in [0.15, 0.2) is 0 Å². The van der Waals surface area contributed by atoms with E-state index in [1.807, 2.05) is 19.3 Å². The molecule has 16 heavy (non-hydrogen) atoms. The predicted molar refractivity (Wildman–Crippen MR) is 59.5 cm³/mol. The van der Waals surface area contributed by atoms with E-state index in [9.17, 15) is 0 Å². The lowest BCUT2D eigenvalue weighted by Crippen LogP contribution is -2.21. The molecule has 2 rings (SSSR count). The van der Waals surface area contributed by atoms with E-state index >= 15 is 0 Å². The van der Waals surface area contributed by atoms with Gasteiger partial charge in [0.05, 0.1) is 24.1 Å². The minimum Gasteiger partial charge on any atom is -0.411 e. The second-order valence-electron chi connectivity index (χ2n) is 4.16.